The Balaban J connectivity index is 1.86. The van der Waals surface area contributed by atoms with Crippen LogP contribution in [0.3, 0.4) is 0 Å². The summed E-state index contributed by atoms with van der Waals surface area (Å²) < 4.78 is 0. The topological polar surface area (TPSA) is 0 Å². The Morgan fingerprint density at radius 2 is 0.633 bits per heavy atom. The van der Waals surface area contributed by atoms with Gasteiger partial charge in [-0.3, -0.25) is 0 Å². The highest BCUT2D eigenvalue weighted by Gasteiger charge is 2.39. The van der Waals surface area contributed by atoms with E-state index < -0.39 is 0 Å². The standard InChI is InChI=1S/C28H26B2/c1-19-11-9-12-20(2)27(19)29-23-15-5-7-17-25(23)30(26-18-8-6-16-24(26)29)28-21(3)13-10-14-22(28)4/h5-18H,1-4H3. The minimum atomic E-state index is 0.277. The Kier molecular flexibility index (Phi) is 4.66. The molecule has 0 bridgehead atoms. The molecule has 30 heavy (non-hydrogen) atoms. The van der Waals surface area contributed by atoms with Crippen LogP contribution in [0, 0.1) is 27.7 Å². The molecule has 0 fully saturated rings. The smallest absolute Gasteiger partial charge is 0.0733 e. The van der Waals surface area contributed by atoms with Gasteiger partial charge in [0.1, 0.15) is 0 Å². The predicted molar refractivity (Wildman–Crippen MR) is 134 cm³/mol. The van der Waals surface area contributed by atoms with Gasteiger partial charge in [-0.1, -0.05) is 140 Å². The maximum atomic E-state index is 2.35. The van der Waals surface area contributed by atoms with Crippen LogP contribution >= 0.6 is 0 Å². The van der Waals surface area contributed by atoms with Gasteiger partial charge in [-0.05, 0) is 27.7 Å². The number of rotatable bonds is 2. The van der Waals surface area contributed by atoms with Crippen molar-refractivity contribution < 1.29 is 0 Å². The monoisotopic (exact) mass is 384 g/mol. The van der Waals surface area contributed by atoms with Crippen LogP contribution in [0.2, 0.25) is 0 Å². The van der Waals surface area contributed by atoms with Crippen LogP contribution < -0.4 is 32.8 Å². The quantitative estimate of drug-likeness (QED) is 0.410. The van der Waals surface area contributed by atoms with Crippen molar-refractivity contribution in [3.63, 3.8) is 0 Å². The molecule has 0 saturated carbocycles. The van der Waals surface area contributed by atoms with Crippen LogP contribution in [0.1, 0.15) is 22.3 Å². The van der Waals surface area contributed by atoms with Crippen molar-refractivity contribution in [3.05, 3.63) is 107 Å². The number of aryl methyl sites for hydroxylation is 4. The van der Waals surface area contributed by atoms with Crippen molar-refractivity contribution in [1.29, 1.82) is 0 Å². The maximum Gasteiger partial charge on any atom is 0.240 e. The minimum absolute atomic E-state index is 0.277. The molecule has 1 heterocycles. The molecule has 4 aromatic rings. The van der Waals surface area contributed by atoms with Gasteiger partial charge < -0.3 is 0 Å². The van der Waals surface area contributed by atoms with Gasteiger partial charge in [0.15, 0.2) is 0 Å². The fourth-order valence-electron chi connectivity index (χ4n) is 5.60. The molecule has 4 aromatic carbocycles. The largest absolute Gasteiger partial charge is 0.240 e. The second-order valence-electron chi connectivity index (χ2n) is 8.73. The first-order valence-electron chi connectivity index (χ1n) is 10.9. The third kappa shape index (κ3) is 2.86. The van der Waals surface area contributed by atoms with Crippen LogP contribution in [0.4, 0.5) is 0 Å². The number of benzene rings is 4. The van der Waals surface area contributed by atoms with E-state index in [4.69, 9.17) is 0 Å². The normalized spacial score (nSPS) is 12.5. The Morgan fingerprint density at radius 1 is 0.367 bits per heavy atom. The van der Waals surface area contributed by atoms with Crippen molar-refractivity contribution in [2.75, 3.05) is 0 Å². The molecule has 0 N–H and O–H groups in total. The Bertz CT molecular complexity index is 1070. The summed E-state index contributed by atoms with van der Waals surface area (Å²) in [6.07, 6.45) is 0. The lowest BCUT2D eigenvalue weighted by Crippen LogP contribution is -2.75. The second kappa shape index (κ2) is 7.36. The highest BCUT2D eigenvalue weighted by atomic mass is 14.1. The van der Waals surface area contributed by atoms with Crippen LogP contribution in [0.5, 0.6) is 0 Å². The molecule has 0 nitrogen and oxygen atoms in total. The molecule has 1 aliphatic rings. The molecule has 0 unspecified atom stereocenters. The number of fused-ring (bicyclic) bond motifs is 2. The van der Waals surface area contributed by atoms with E-state index in [-0.39, 0.29) is 13.4 Å². The molecule has 2 heteroatoms. The highest BCUT2D eigenvalue weighted by Crippen LogP contribution is 2.10. The third-order valence-electron chi connectivity index (χ3n) is 6.90. The van der Waals surface area contributed by atoms with Gasteiger partial charge in [0.25, 0.3) is 0 Å². The van der Waals surface area contributed by atoms with Gasteiger partial charge >= 0.3 is 0 Å². The van der Waals surface area contributed by atoms with Gasteiger partial charge in [-0.2, -0.15) is 0 Å². The molecule has 0 radical (unpaired) electrons. The van der Waals surface area contributed by atoms with Gasteiger partial charge in [0, 0.05) is 0 Å². The molecule has 0 saturated heterocycles. The summed E-state index contributed by atoms with van der Waals surface area (Å²) in [7, 11) is 0. The fourth-order valence-corrected chi connectivity index (χ4v) is 5.60. The first-order valence-corrected chi connectivity index (χ1v) is 10.9. The summed E-state index contributed by atoms with van der Waals surface area (Å²) in [5.41, 5.74) is 14.2. The average Bonchev–Trinajstić information content (AvgIpc) is 2.74. The predicted octanol–water partition coefficient (Wildman–Crippen LogP) is 2.27. The van der Waals surface area contributed by atoms with E-state index in [0.29, 0.717) is 0 Å². The van der Waals surface area contributed by atoms with Crippen LogP contribution in [0.15, 0.2) is 84.9 Å². The maximum absolute atomic E-state index is 2.35. The van der Waals surface area contributed by atoms with Gasteiger partial charge in [0.05, 0.1) is 0 Å². The zero-order valence-corrected chi connectivity index (χ0v) is 18.2. The summed E-state index contributed by atoms with van der Waals surface area (Å²) >= 11 is 0. The van der Waals surface area contributed by atoms with E-state index in [1.54, 1.807) is 0 Å². The summed E-state index contributed by atoms with van der Waals surface area (Å²) in [4.78, 5) is 0. The number of hydrogen-bond donors (Lipinski definition) is 0. The first-order chi connectivity index (χ1) is 14.6. The molecular formula is C28H26B2. The van der Waals surface area contributed by atoms with Gasteiger partial charge in [-0.25, -0.2) is 0 Å². The molecule has 0 aromatic heterocycles. The molecule has 0 spiro atoms. The van der Waals surface area contributed by atoms with E-state index in [1.165, 1.54) is 55.0 Å². The van der Waals surface area contributed by atoms with Crippen LogP contribution in [-0.4, -0.2) is 13.4 Å². The van der Waals surface area contributed by atoms with Crippen molar-refractivity contribution in [2.24, 2.45) is 0 Å². The zero-order chi connectivity index (χ0) is 20.8. The van der Waals surface area contributed by atoms with Gasteiger partial charge in [-0.15, -0.1) is 0 Å². The lowest BCUT2D eigenvalue weighted by molar-refractivity contribution is 1.42. The van der Waals surface area contributed by atoms with E-state index in [2.05, 4.69) is 113 Å². The van der Waals surface area contributed by atoms with Crippen molar-refractivity contribution in [2.45, 2.75) is 27.7 Å². The van der Waals surface area contributed by atoms with Crippen LogP contribution in [0.25, 0.3) is 0 Å². The van der Waals surface area contributed by atoms with Crippen molar-refractivity contribution in [3.8, 4) is 0 Å². The fraction of sp³-hybridized carbons (Fsp3) is 0.143. The molecule has 1 aliphatic heterocycles. The highest BCUT2D eigenvalue weighted by molar-refractivity contribution is 7.11. The van der Waals surface area contributed by atoms with Gasteiger partial charge in [0.2, 0.25) is 13.4 Å². The number of hydrogen-bond acceptors (Lipinski definition) is 0. The third-order valence-corrected chi connectivity index (χ3v) is 6.90. The summed E-state index contributed by atoms with van der Waals surface area (Å²) in [6.45, 7) is 9.57. The minimum Gasteiger partial charge on any atom is -0.0733 e. The summed E-state index contributed by atoms with van der Waals surface area (Å²) in [5.74, 6) is 0. The van der Waals surface area contributed by atoms with Crippen molar-refractivity contribution >= 4 is 46.2 Å². The van der Waals surface area contributed by atoms with Crippen LogP contribution in [-0.2, 0) is 0 Å². The average molecular weight is 384 g/mol. The molecular weight excluding hydrogens is 358 g/mol. The molecule has 144 valence electrons. The zero-order valence-electron chi connectivity index (χ0n) is 18.2. The lowest BCUT2D eigenvalue weighted by atomic mass is 9.20. The lowest BCUT2D eigenvalue weighted by Gasteiger charge is -2.34. The molecule has 5 rings (SSSR count). The SMILES string of the molecule is Cc1cccc(C)c1B1c2ccccc2B(c2c(C)cccc2C)c2ccccc21. The van der Waals surface area contributed by atoms with E-state index in [9.17, 15) is 0 Å². The molecule has 0 amide bonds. The second-order valence-corrected chi connectivity index (χ2v) is 8.73. The summed E-state index contributed by atoms with van der Waals surface area (Å²) in [6, 6.07) is 31.6. The Labute approximate surface area is 181 Å². The first kappa shape index (κ1) is 19.0. The van der Waals surface area contributed by atoms with E-state index in [1.807, 2.05) is 0 Å². The van der Waals surface area contributed by atoms with Crippen molar-refractivity contribution in [1.82, 2.24) is 0 Å². The summed E-state index contributed by atoms with van der Waals surface area (Å²) in [5, 5.41) is 0. The Hall–Kier alpha value is -2.99. The molecule has 0 aliphatic carbocycles. The Morgan fingerprint density at radius 3 is 0.900 bits per heavy atom. The molecule has 0 atom stereocenters. The van der Waals surface area contributed by atoms with E-state index >= 15 is 0 Å². The van der Waals surface area contributed by atoms with E-state index in [0.717, 1.165) is 0 Å².